The van der Waals surface area contributed by atoms with E-state index in [0.29, 0.717) is 31.5 Å². The second-order valence-corrected chi connectivity index (χ2v) is 7.48. The van der Waals surface area contributed by atoms with Gasteiger partial charge < -0.3 is 9.47 Å². The number of ether oxygens (including phenoxy) is 2. The second kappa shape index (κ2) is 11.3. The smallest absolute Gasteiger partial charge is 0.357 e. The van der Waals surface area contributed by atoms with Crippen LogP contribution in [0.3, 0.4) is 0 Å². The first-order valence-electron chi connectivity index (χ1n) is 8.78. The van der Waals surface area contributed by atoms with Crippen molar-refractivity contribution in [3.05, 3.63) is 68.3 Å². The van der Waals surface area contributed by atoms with Crippen LogP contribution in [0.4, 0.5) is 11.4 Å². The van der Waals surface area contributed by atoms with Crippen molar-refractivity contribution in [3.8, 4) is 0 Å². The summed E-state index contributed by atoms with van der Waals surface area (Å²) in [5.74, 6) is -1.51. The molecule has 0 spiro atoms. The quantitative estimate of drug-likeness (QED) is 0.271. The molecule has 0 aromatic heterocycles. The van der Waals surface area contributed by atoms with Crippen molar-refractivity contribution in [2.75, 3.05) is 23.6 Å². The van der Waals surface area contributed by atoms with Crippen LogP contribution in [0.5, 0.6) is 0 Å². The lowest BCUT2D eigenvalue weighted by atomic mass is 10.2. The highest BCUT2D eigenvalue weighted by Crippen LogP contribution is 2.30. The van der Waals surface area contributed by atoms with Gasteiger partial charge in [0, 0.05) is 20.1 Å². The average molecular weight is 492 g/mol. The zero-order valence-corrected chi connectivity index (χ0v) is 19.1. The van der Waals surface area contributed by atoms with Crippen LogP contribution in [0.15, 0.2) is 48.2 Å². The molecule has 10 heteroatoms. The van der Waals surface area contributed by atoms with Crippen molar-refractivity contribution >= 4 is 69.7 Å². The number of nitrogens with one attached hydrogen (secondary N) is 1. The van der Waals surface area contributed by atoms with E-state index >= 15 is 0 Å². The second-order valence-electron chi connectivity index (χ2n) is 5.74. The van der Waals surface area contributed by atoms with Crippen molar-refractivity contribution in [1.82, 2.24) is 0 Å². The summed E-state index contributed by atoms with van der Waals surface area (Å²) < 4.78 is 10.1. The summed E-state index contributed by atoms with van der Waals surface area (Å²) in [5, 5.41) is 2.64. The van der Waals surface area contributed by atoms with Crippen LogP contribution >= 0.6 is 46.4 Å². The fourth-order valence-electron chi connectivity index (χ4n) is 2.40. The molecule has 2 aromatic rings. The van der Waals surface area contributed by atoms with Crippen LogP contribution < -0.4 is 10.4 Å². The van der Waals surface area contributed by atoms with E-state index < -0.39 is 11.9 Å². The normalized spacial score (nSPS) is 11.1. The van der Waals surface area contributed by atoms with E-state index in [1.807, 2.05) is 0 Å². The average Bonchev–Trinajstić information content (AvgIpc) is 2.63. The Morgan fingerprint density at radius 3 is 1.87 bits per heavy atom. The van der Waals surface area contributed by atoms with Gasteiger partial charge in [-0.25, -0.2) is 14.6 Å². The summed E-state index contributed by atoms with van der Waals surface area (Å²) in [7, 11) is 0. The van der Waals surface area contributed by atoms with Gasteiger partial charge in [0.15, 0.2) is 5.70 Å². The molecule has 0 unspecified atom stereocenters. The van der Waals surface area contributed by atoms with Gasteiger partial charge in [-0.05, 0) is 50.2 Å². The molecule has 0 heterocycles. The minimum Gasteiger partial charge on any atom is -0.463 e. The van der Waals surface area contributed by atoms with Gasteiger partial charge in [0.05, 0.1) is 30.7 Å². The molecule has 0 amide bonds. The molecule has 0 radical (unpaired) electrons. The van der Waals surface area contributed by atoms with Gasteiger partial charge in [0.25, 0.3) is 0 Å². The van der Waals surface area contributed by atoms with E-state index in [2.05, 4.69) is 5.43 Å². The summed E-state index contributed by atoms with van der Waals surface area (Å²) in [6, 6.07) is 9.34. The Balaban J connectivity index is 2.62. The molecule has 0 aliphatic heterocycles. The Hall–Kier alpha value is -2.12. The molecule has 0 bridgehead atoms. The molecule has 0 aliphatic rings. The number of hydrogen-bond acceptors (Lipinski definition) is 6. The Bertz CT molecular complexity index is 925. The monoisotopic (exact) mass is 490 g/mol. The standard InChI is InChI=1S/C20H18Cl4N2O4/c1-3-29-19(27)11-18(20(28)30-4-2)26(17-9-14(23)6-15(24)10-17)25-16-7-12(21)5-13(22)8-16/h5-11,25H,3-4H2,1-2H3/b18-11+. The first-order valence-corrected chi connectivity index (χ1v) is 10.3. The van der Waals surface area contributed by atoms with Crippen molar-refractivity contribution in [2.24, 2.45) is 0 Å². The van der Waals surface area contributed by atoms with E-state index in [1.165, 1.54) is 11.1 Å². The number of esters is 2. The third-order valence-electron chi connectivity index (χ3n) is 3.48. The van der Waals surface area contributed by atoms with Gasteiger partial charge in [-0.15, -0.1) is 0 Å². The zero-order valence-electron chi connectivity index (χ0n) is 16.0. The molecule has 6 nitrogen and oxygen atoms in total. The highest BCUT2D eigenvalue weighted by molar-refractivity contribution is 6.35. The third-order valence-corrected chi connectivity index (χ3v) is 4.35. The van der Waals surface area contributed by atoms with Gasteiger partial charge in [-0.1, -0.05) is 46.4 Å². The lowest BCUT2D eigenvalue weighted by Gasteiger charge is -2.28. The Kier molecular flexibility index (Phi) is 9.11. The Morgan fingerprint density at radius 2 is 1.37 bits per heavy atom. The van der Waals surface area contributed by atoms with E-state index in [4.69, 9.17) is 55.9 Å². The van der Waals surface area contributed by atoms with E-state index in [9.17, 15) is 9.59 Å². The first kappa shape index (κ1) is 24.2. The van der Waals surface area contributed by atoms with Crippen LogP contribution in [0.2, 0.25) is 20.1 Å². The van der Waals surface area contributed by atoms with Crippen molar-refractivity contribution in [1.29, 1.82) is 0 Å². The molecule has 0 atom stereocenters. The summed E-state index contributed by atoms with van der Waals surface area (Å²) in [6.07, 6.45) is 1.01. The summed E-state index contributed by atoms with van der Waals surface area (Å²) in [4.78, 5) is 24.8. The molecule has 2 aromatic carbocycles. The Labute approximate surface area is 194 Å². The molecular formula is C20H18Cl4N2O4. The van der Waals surface area contributed by atoms with Crippen LogP contribution in [0, 0.1) is 0 Å². The van der Waals surface area contributed by atoms with Crippen LogP contribution in [-0.4, -0.2) is 25.2 Å². The number of hydrazine groups is 1. The van der Waals surface area contributed by atoms with Crippen LogP contribution in [0.1, 0.15) is 13.8 Å². The third kappa shape index (κ3) is 6.99. The van der Waals surface area contributed by atoms with E-state index in [1.54, 1.807) is 44.2 Å². The van der Waals surface area contributed by atoms with Crippen LogP contribution in [-0.2, 0) is 19.1 Å². The number of benzene rings is 2. The Morgan fingerprint density at radius 1 is 0.867 bits per heavy atom. The zero-order chi connectivity index (χ0) is 22.3. The number of halogens is 4. The predicted octanol–water partition coefficient (Wildman–Crippen LogP) is 6.14. The minimum absolute atomic E-state index is 0.0894. The van der Waals surface area contributed by atoms with Gasteiger partial charge in [0.2, 0.25) is 0 Å². The number of carbonyl (C=O) groups excluding carboxylic acids is 2. The number of nitrogens with zero attached hydrogens (tertiary/aromatic N) is 1. The lowest BCUT2D eigenvalue weighted by Crippen LogP contribution is -2.34. The molecule has 30 heavy (non-hydrogen) atoms. The van der Waals surface area contributed by atoms with Crippen molar-refractivity contribution in [3.63, 3.8) is 0 Å². The van der Waals surface area contributed by atoms with E-state index in [0.717, 1.165) is 6.08 Å². The lowest BCUT2D eigenvalue weighted by molar-refractivity contribution is -0.141. The topological polar surface area (TPSA) is 67.9 Å². The minimum atomic E-state index is -0.776. The molecule has 160 valence electrons. The van der Waals surface area contributed by atoms with Gasteiger partial charge in [-0.3, -0.25) is 5.43 Å². The molecule has 1 N–H and O–H groups in total. The number of carbonyl (C=O) groups is 2. The van der Waals surface area contributed by atoms with Crippen molar-refractivity contribution in [2.45, 2.75) is 13.8 Å². The number of anilines is 2. The maximum absolute atomic E-state index is 12.7. The summed E-state index contributed by atoms with van der Waals surface area (Å²) in [5.41, 5.74) is 3.61. The molecule has 0 fully saturated rings. The molecule has 2 rings (SSSR count). The maximum atomic E-state index is 12.7. The van der Waals surface area contributed by atoms with Crippen LogP contribution in [0.25, 0.3) is 0 Å². The SMILES string of the molecule is CCOC(=O)/C=C(\C(=O)OCC)N(Nc1cc(Cl)cc(Cl)c1)c1cc(Cl)cc(Cl)c1. The molecule has 0 saturated heterocycles. The predicted molar refractivity (Wildman–Crippen MR) is 120 cm³/mol. The fraction of sp³-hybridized carbons (Fsp3) is 0.200. The summed E-state index contributed by atoms with van der Waals surface area (Å²) in [6.45, 7) is 3.51. The number of hydrogen-bond donors (Lipinski definition) is 1. The molecule has 0 aliphatic carbocycles. The molecule has 0 saturated carbocycles. The molecular weight excluding hydrogens is 474 g/mol. The highest BCUT2D eigenvalue weighted by atomic mass is 35.5. The van der Waals surface area contributed by atoms with Crippen molar-refractivity contribution < 1.29 is 19.1 Å². The largest absolute Gasteiger partial charge is 0.463 e. The fourth-order valence-corrected chi connectivity index (χ4v) is 3.44. The number of rotatable bonds is 8. The van der Waals surface area contributed by atoms with E-state index in [-0.39, 0.29) is 18.9 Å². The highest BCUT2D eigenvalue weighted by Gasteiger charge is 2.24. The first-order chi connectivity index (χ1) is 14.2. The summed E-state index contributed by atoms with van der Waals surface area (Å²) >= 11 is 24.4. The maximum Gasteiger partial charge on any atom is 0.357 e. The van der Waals surface area contributed by atoms with Gasteiger partial charge in [-0.2, -0.15) is 0 Å². The van der Waals surface area contributed by atoms with Gasteiger partial charge in [0.1, 0.15) is 0 Å². The van der Waals surface area contributed by atoms with Gasteiger partial charge >= 0.3 is 11.9 Å².